The van der Waals surface area contributed by atoms with Gasteiger partial charge >= 0.3 is 6.18 Å². The Morgan fingerprint density at radius 3 is 2.24 bits per heavy atom. The highest BCUT2D eigenvalue weighted by Gasteiger charge is 2.30. The first-order valence-corrected chi connectivity index (χ1v) is 7.45. The number of thiophene rings is 1. The maximum Gasteiger partial charge on any atom is 0.416 e. The van der Waals surface area contributed by atoms with Gasteiger partial charge in [-0.3, -0.25) is 11.3 Å². The van der Waals surface area contributed by atoms with Crippen LogP contribution in [0.3, 0.4) is 0 Å². The Bertz CT molecular complexity index is 611. The van der Waals surface area contributed by atoms with Crippen molar-refractivity contribution >= 4 is 34.5 Å². The third kappa shape index (κ3) is 4.11. The van der Waals surface area contributed by atoms with E-state index in [-0.39, 0.29) is 6.04 Å². The third-order valence-electron chi connectivity index (χ3n) is 2.98. The highest BCUT2D eigenvalue weighted by molar-refractivity contribution is 7.20. The van der Waals surface area contributed by atoms with Crippen LogP contribution in [-0.4, -0.2) is 0 Å². The van der Waals surface area contributed by atoms with Crippen LogP contribution in [0.2, 0.25) is 8.67 Å². The van der Waals surface area contributed by atoms with Gasteiger partial charge in [-0.1, -0.05) is 35.3 Å². The zero-order valence-electron chi connectivity index (χ0n) is 10.5. The molecule has 0 amide bonds. The van der Waals surface area contributed by atoms with Crippen LogP contribution in [0.25, 0.3) is 0 Å². The standard InChI is InChI=1S/C13H11Cl2F3N2S/c14-11-6-9(12(15)21-11)10(20-19)5-7-1-3-8(4-2-7)13(16,17)18/h1-4,6,10,20H,5,19H2. The summed E-state index contributed by atoms with van der Waals surface area (Å²) in [4.78, 5) is 0. The molecule has 0 fully saturated rings. The summed E-state index contributed by atoms with van der Waals surface area (Å²) < 4.78 is 38.6. The second-order valence-electron chi connectivity index (χ2n) is 4.40. The van der Waals surface area contributed by atoms with E-state index in [1.807, 2.05) is 0 Å². The van der Waals surface area contributed by atoms with E-state index in [4.69, 9.17) is 29.0 Å². The van der Waals surface area contributed by atoms with Crippen molar-refractivity contribution in [3.8, 4) is 0 Å². The summed E-state index contributed by atoms with van der Waals surface area (Å²) in [5, 5.41) is 0. The fraction of sp³-hybridized carbons (Fsp3) is 0.231. The lowest BCUT2D eigenvalue weighted by atomic mass is 10.0. The average molecular weight is 355 g/mol. The van der Waals surface area contributed by atoms with Crippen LogP contribution in [-0.2, 0) is 12.6 Å². The summed E-state index contributed by atoms with van der Waals surface area (Å²) in [6, 6.07) is 6.32. The van der Waals surface area contributed by atoms with Crippen molar-refractivity contribution in [2.24, 2.45) is 5.84 Å². The van der Waals surface area contributed by atoms with Crippen LogP contribution < -0.4 is 11.3 Å². The lowest BCUT2D eigenvalue weighted by Gasteiger charge is -2.16. The number of halogens is 5. The maximum absolute atomic E-state index is 12.5. The van der Waals surface area contributed by atoms with Crippen LogP contribution in [0.15, 0.2) is 30.3 Å². The molecule has 0 spiro atoms. The van der Waals surface area contributed by atoms with Crippen molar-refractivity contribution in [3.63, 3.8) is 0 Å². The number of alkyl halides is 3. The molecule has 2 aromatic rings. The normalized spacial score (nSPS) is 13.4. The van der Waals surface area contributed by atoms with Gasteiger partial charge in [0.2, 0.25) is 0 Å². The van der Waals surface area contributed by atoms with E-state index in [9.17, 15) is 13.2 Å². The monoisotopic (exact) mass is 354 g/mol. The number of rotatable bonds is 4. The molecule has 0 aliphatic rings. The van der Waals surface area contributed by atoms with Gasteiger partial charge in [0.05, 0.1) is 20.3 Å². The number of benzene rings is 1. The van der Waals surface area contributed by atoms with E-state index in [0.717, 1.165) is 17.7 Å². The first-order chi connectivity index (χ1) is 9.81. The molecular weight excluding hydrogens is 344 g/mol. The molecule has 0 saturated heterocycles. The molecule has 0 radical (unpaired) electrons. The number of nitrogens with two attached hydrogens (primary N) is 1. The molecule has 1 heterocycles. The van der Waals surface area contributed by atoms with E-state index in [1.165, 1.54) is 23.5 Å². The molecule has 8 heteroatoms. The molecule has 1 aromatic heterocycles. The van der Waals surface area contributed by atoms with Crippen LogP contribution in [0.5, 0.6) is 0 Å². The van der Waals surface area contributed by atoms with Gasteiger partial charge in [-0.15, -0.1) is 11.3 Å². The van der Waals surface area contributed by atoms with Gasteiger partial charge in [0.1, 0.15) is 0 Å². The predicted molar refractivity (Wildman–Crippen MR) is 79.6 cm³/mol. The molecule has 1 unspecified atom stereocenters. The highest BCUT2D eigenvalue weighted by atomic mass is 35.5. The van der Waals surface area contributed by atoms with Crippen LogP contribution >= 0.6 is 34.5 Å². The van der Waals surface area contributed by atoms with E-state index in [2.05, 4.69) is 5.43 Å². The molecule has 21 heavy (non-hydrogen) atoms. The predicted octanol–water partition coefficient (Wildman–Crippen LogP) is 4.82. The smallest absolute Gasteiger partial charge is 0.271 e. The van der Waals surface area contributed by atoms with E-state index >= 15 is 0 Å². The molecule has 0 saturated carbocycles. The zero-order valence-corrected chi connectivity index (χ0v) is 12.9. The number of hydrogen-bond acceptors (Lipinski definition) is 3. The molecule has 0 bridgehead atoms. The minimum atomic E-state index is -4.34. The van der Waals surface area contributed by atoms with Gasteiger partial charge < -0.3 is 0 Å². The Kier molecular flexibility index (Phi) is 5.16. The Hall–Kier alpha value is -0.790. The highest BCUT2D eigenvalue weighted by Crippen LogP contribution is 2.36. The Balaban J connectivity index is 2.17. The van der Waals surface area contributed by atoms with Crippen molar-refractivity contribution in [2.45, 2.75) is 18.6 Å². The summed E-state index contributed by atoms with van der Waals surface area (Å²) >= 11 is 13.2. The van der Waals surface area contributed by atoms with Crippen molar-refractivity contribution in [1.29, 1.82) is 0 Å². The fourth-order valence-electron chi connectivity index (χ4n) is 1.91. The van der Waals surface area contributed by atoms with Crippen molar-refractivity contribution in [3.05, 3.63) is 55.7 Å². The first-order valence-electron chi connectivity index (χ1n) is 5.88. The second-order valence-corrected chi connectivity index (χ2v) is 6.68. The van der Waals surface area contributed by atoms with Crippen LogP contribution in [0, 0.1) is 0 Å². The van der Waals surface area contributed by atoms with Gasteiger partial charge in [-0.25, -0.2) is 0 Å². The Morgan fingerprint density at radius 1 is 1.19 bits per heavy atom. The van der Waals surface area contributed by atoms with Gasteiger partial charge in [0, 0.05) is 5.56 Å². The van der Waals surface area contributed by atoms with Crippen molar-refractivity contribution < 1.29 is 13.2 Å². The lowest BCUT2D eigenvalue weighted by Crippen LogP contribution is -2.29. The molecule has 1 atom stereocenters. The Morgan fingerprint density at radius 2 is 1.81 bits per heavy atom. The largest absolute Gasteiger partial charge is 0.416 e. The molecule has 2 rings (SSSR count). The number of hydrazine groups is 1. The van der Waals surface area contributed by atoms with Gasteiger partial charge in [0.15, 0.2) is 0 Å². The zero-order chi connectivity index (χ0) is 15.6. The summed E-state index contributed by atoms with van der Waals surface area (Å²) in [7, 11) is 0. The van der Waals surface area contributed by atoms with Crippen molar-refractivity contribution in [2.75, 3.05) is 0 Å². The molecule has 1 aromatic carbocycles. The summed E-state index contributed by atoms with van der Waals surface area (Å²) in [5.74, 6) is 5.50. The maximum atomic E-state index is 12.5. The quantitative estimate of drug-likeness (QED) is 0.610. The molecule has 114 valence electrons. The molecule has 2 nitrogen and oxygen atoms in total. The molecule has 0 aliphatic heterocycles. The second kappa shape index (κ2) is 6.54. The van der Waals surface area contributed by atoms with Crippen LogP contribution in [0.1, 0.15) is 22.7 Å². The van der Waals surface area contributed by atoms with E-state index in [1.54, 1.807) is 6.07 Å². The molecular formula is C13H11Cl2F3N2S. The van der Waals surface area contributed by atoms with E-state index in [0.29, 0.717) is 20.7 Å². The molecule has 3 N–H and O–H groups in total. The molecule has 0 aliphatic carbocycles. The number of hydrogen-bond donors (Lipinski definition) is 2. The average Bonchev–Trinajstić information content (AvgIpc) is 2.74. The van der Waals surface area contributed by atoms with Crippen LogP contribution in [0.4, 0.5) is 13.2 Å². The minimum absolute atomic E-state index is 0.321. The van der Waals surface area contributed by atoms with Crippen molar-refractivity contribution in [1.82, 2.24) is 5.43 Å². The van der Waals surface area contributed by atoms with Gasteiger partial charge in [0.25, 0.3) is 0 Å². The Labute approximate surface area is 133 Å². The fourth-order valence-corrected chi connectivity index (χ4v) is 3.49. The topological polar surface area (TPSA) is 38.0 Å². The number of nitrogens with one attached hydrogen (secondary N) is 1. The third-order valence-corrected chi connectivity index (χ3v) is 4.50. The van der Waals surface area contributed by atoms with E-state index < -0.39 is 11.7 Å². The summed E-state index contributed by atoms with van der Waals surface area (Å²) in [6.07, 6.45) is -3.93. The first kappa shape index (κ1) is 16.6. The SMILES string of the molecule is NNC(Cc1ccc(C(F)(F)F)cc1)c1cc(Cl)sc1Cl. The summed E-state index contributed by atoms with van der Waals surface area (Å²) in [6.45, 7) is 0. The van der Waals surface area contributed by atoms with Gasteiger partial charge in [-0.05, 0) is 30.2 Å². The summed E-state index contributed by atoms with van der Waals surface area (Å²) in [5.41, 5.74) is 3.37. The van der Waals surface area contributed by atoms with Gasteiger partial charge in [-0.2, -0.15) is 13.2 Å². The lowest BCUT2D eigenvalue weighted by molar-refractivity contribution is -0.137. The minimum Gasteiger partial charge on any atom is -0.271 e.